The zero-order chi connectivity index (χ0) is 18.4. The molecule has 26 heavy (non-hydrogen) atoms. The zero-order valence-electron chi connectivity index (χ0n) is 16.3. The quantitative estimate of drug-likeness (QED) is 0.778. The first-order valence-electron chi connectivity index (χ1n) is 9.92. The Morgan fingerprint density at radius 3 is 2.65 bits per heavy atom. The van der Waals surface area contributed by atoms with Crippen LogP contribution in [0, 0.1) is 12.8 Å². The Morgan fingerprint density at radius 1 is 1.19 bits per heavy atom. The number of likely N-dealkylation sites (N-methyl/N-ethyl adjacent to an activating group) is 1. The van der Waals surface area contributed by atoms with Gasteiger partial charge in [-0.3, -0.25) is 14.6 Å². The highest BCUT2D eigenvalue weighted by atomic mass is 16.5. The van der Waals surface area contributed by atoms with Gasteiger partial charge < -0.3 is 9.64 Å². The Balaban J connectivity index is 1.44. The molecule has 0 radical (unpaired) electrons. The first-order chi connectivity index (χ1) is 12.6. The second-order valence-electron chi connectivity index (χ2n) is 7.92. The van der Waals surface area contributed by atoms with Crippen LogP contribution >= 0.6 is 0 Å². The van der Waals surface area contributed by atoms with Gasteiger partial charge in [-0.1, -0.05) is 29.8 Å². The highest BCUT2D eigenvalue weighted by molar-refractivity contribution is 5.78. The lowest BCUT2D eigenvalue weighted by Gasteiger charge is -2.37. The summed E-state index contributed by atoms with van der Waals surface area (Å²) in [5.41, 5.74) is 2.53. The molecule has 1 aromatic rings. The molecule has 1 atom stereocenters. The van der Waals surface area contributed by atoms with E-state index in [2.05, 4.69) is 45.9 Å². The summed E-state index contributed by atoms with van der Waals surface area (Å²) in [5, 5.41) is 0. The maximum absolute atomic E-state index is 12.7. The van der Waals surface area contributed by atoms with Crippen molar-refractivity contribution < 1.29 is 9.53 Å². The molecule has 0 aromatic heterocycles. The minimum absolute atomic E-state index is 0.270. The lowest BCUT2D eigenvalue weighted by molar-refractivity contribution is -0.134. The molecular weight excluding hydrogens is 326 g/mol. The molecule has 1 amide bonds. The molecule has 1 aromatic carbocycles. The number of ether oxygens (including phenoxy) is 1. The van der Waals surface area contributed by atoms with Gasteiger partial charge >= 0.3 is 0 Å². The van der Waals surface area contributed by atoms with E-state index < -0.39 is 0 Å². The van der Waals surface area contributed by atoms with Crippen LogP contribution in [0.5, 0.6) is 0 Å². The number of amides is 1. The number of likely N-dealkylation sites (tertiary alicyclic amines) is 1. The van der Waals surface area contributed by atoms with Gasteiger partial charge in [0.1, 0.15) is 0 Å². The molecule has 2 saturated heterocycles. The number of carbonyl (C=O) groups is 1. The average Bonchev–Trinajstić information content (AvgIpc) is 2.64. The molecular formula is C21H33N3O2. The summed E-state index contributed by atoms with van der Waals surface area (Å²) in [5.74, 6) is 0.875. The highest BCUT2D eigenvalue weighted by Crippen LogP contribution is 2.19. The smallest absolute Gasteiger partial charge is 0.236 e. The third-order valence-electron chi connectivity index (χ3n) is 5.47. The van der Waals surface area contributed by atoms with Crippen LogP contribution in [0.1, 0.15) is 24.0 Å². The highest BCUT2D eigenvalue weighted by Gasteiger charge is 2.26. The number of morpholine rings is 1. The number of hydrogen-bond donors (Lipinski definition) is 0. The van der Waals surface area contributed by atoms with Gasteiger partial charge in [-0.05, 0) is 38.3 Å². The van der Waals surface area contributed by atoms with Crippen molar-refractivity contribution in [1.82, 2.24) is 14.7 Å². The summed E-state index contributed by atoms with van der Waals surface area (Å²) in [6, 6.07) is 8.56. The molecule has 3 rings (SSSR count). The van der Waals surface area contributed by atoms with Crippen LogP contribution in [-0.2, 0) is 16.1 Å². The van der Waals surface area contributed by atoms with Crippen LogP contribution < -0.4 is 0 Å². The van der Waals surface area contributed by atoms with E-state index in [0.29, 0.717) is 12.5 Å². The predicted octanol–water partition coefficient (Wildman–Crippen LogP) is 2.00. The summed E-state index contributed by atoms with van der Waals surface area (Å²) in [6.07, 6.45) is 2.36. The van der Waals surface area contributed by atoms with Crippen molar-refractivity contribution in [2.75, 3.05) is 59.5 Å². The van der Waals surface area contributed by atoms with Gasteiger partial charge in [0.2, 0.25) is 5.91 Å². The molecule has 0 bridgehead atoms. The Bertz CT molecular complexity index is 569. The normalized spacial score (nSPS) is 22.0. The van der Waals surface area contributed by atoms with Crippen LogP contribution in [-0.4, -0.2) is 80.1 Å². The average molecular weight is 360 g/mol. The van der Waals surface area contributed by atoms with Crippen molar-refractivity contribution in [3.05, 3.63) is 35.4 Å². The molecule has 0 aliphatic carbocycles. The van der Waals surface area contributed by atoms with Crippen molar-refractivity contribution in [2.45, 2.75) is 26.3 Å². The molecule has 2 heterocycles. The fraction of sp³-hybridized carbons (Fsp3) is 0.667. The van der Waals surface area contributed by atoms with E-state index in [-0.39, 0.29) is 5.91 Å². The van der Waals surface area contributed by atoms with Crippen LogP contribution in [0.25, 0.3) is 0 Å². The molecule has 5 heteroatoms. The van der Waals surface area contributed by atoms with Gasteiger partial charge in [-0.15, -0.1) is 0 Å². The monoisotopic (exact) mass is 359 g/mol. The second-order valence-corrected chi connectivity index (χ2v) is 7.92. The summed E-state index contributed by atoms with van der Waals surface area (Å²) in [4.78, 5) is 19.4. The van der Waals surface area contributed by atoms with Crippen molar-refractivity contribution >= 4 is 5.91 Å². The Morgan fingerprint density at radius 2 is 1.92 bits per heavy atom. The van der Waals surface area contributed by atoms with Crippen molar-refractivity contribution in [3.8, 4) is 0 Å². The van der Waals surface area contributed by atoms with E-state index in [0.717, 1.165) is 58.9 Å². The second kappa shape index (κ2) is 9.49. The van der Waals surface area contributed by atoms with E-state index in [4.69, 9.17) is 4.74 Å². The first-order valence-corrected chi connectivity index (χ1v) is 9.92. The molecule has 2 aliphatic rings. The van der Waals surface area contributed by atoms with E-state index >= 15 is 0 Å². The van der Waals surface area contributed by atoms with Gasteiger partial charge in [0.15, 0.2) is 0 Å². The van der Waals surface area contributed by atoms with E-state index in [9.17, 15) is 4.79 Å². The SMILES string of the molecule is Cc1ccc(CN(C)CC(=O)N2CCC[C@@H](CN3CCOCC3)C2)cc1. The minimum atomic E-state index is 0.270. The number of hydrogen-bond acceptors (Lipinski definition) is 4. The molecule has 2 aliphatic heterocycles. The van der Waals surface area contributed by atoms with E-state index in [1.807, 2.05) is 7.05 Å². The van der Waals surface area contributed by atoms with Crippen LogP contribution in [0.2, 0.25) is 0 Å². The van der Waals surface area contributed by atoms with Crippen molar-refractivity contribution in [3.63, 3.8) is 0 Å². The summed E-state index contributed by atoms with van der Waals surface area (Å²) in [7, 11) is 2.03. The molecule has 5 nitrogen and oxygen atoms in total. The number of piperidine rings is 1. The Hall–Kier alpha value is -1.43. The molecule has 0 saturated carbocycles. The van der Waals surface area contributed by atoms with Crippen LogP contribution in [0.15, 0.2) is 24.3 Å². The van der Waals surface area contributed by atoms with Gasteiger partial charge in [-0.2, -0.15) is 0 Å². The summed E-state index contributed by atoms with van der Waals surface area (Å²) < 4.78 is 5.44. The van der Waals surface area contributed by atoms with Gasteiger partial charge in [-0.25, -0.2) is 0 Å². The zero-order valence-corrected chi connectivity index (χ0v) is 16.3. The Kier molecular flexibility index (Phi) is 7.06. The van der Waals surface area contributed by atoms with Crippen LogP contribution in [0.4, 0.5) is 0 Å². The molecule has 0 spiro atoms. The number of rotatable bonds is 6. The third-order valence-corrected chi connectivity index (χ3v) is 5.47. The maximum atomic E-state index is 12.7. The number of aryl methyl sites for hydroxylation is 1. The van der Waals surface area contributed by atoms with Crippen molar-refractivity contribution in [1.29, 1.82) is 0 Å². The predicted molar refractivity (Wildman–Crippen MR) is 104 cm³/mol. The lowest BCUT2D eigenvalue weighted by Crippen LogP contribution is -2.48. The molecule has 0 N–H and O–H groups in total. The Labute approximate surface area is 157 Å². The standard InChI is InChI=1S/C21H33N3O2/c1-18-5-7-19(8-6-18)14-22(2)17-21(25)24-9-3-4-20(16-24)15-23-10-12-26-13-11-23/h5-8,20H,3-4,9-17H2,1-2H3/t20-/m0/s1. The van der Waals surface area contributed by atoms with E-state index in [1.54, 1.807) is 0 Å². The number of nitrogens with zero attached hydrogens (tertiary/aromatic N) is 3. The molecule has 144 valence electrons. The number of benzene rings is 1. The van der Waals surface area contributed by atoms with E-state index in [1.165, 1.54) is 17.5 Å². The number of carbonyl (C=O) groups excluding carboxylic acids is 1. The van der Waals surface area contributed by atoms with Crippen molar-refractivity contribution in [2.24, 2.45) is 5.92 Å². The van der Waals surface area contributed by atoms with Crippen LogP contribution in [0.3, 0.4) is 0 Å². The maximum Gasteiger partial charge on any atom is 0.236 e. The van der Waals surface area contributed by atoms with Gasteiger partial charge in [0.05, 0.1) is 19.8 Å². The largest absolute Gasteiger partial charge is 0.379 e. The fourth-order valence-electron chi connectivity index (χ4n) is 3.98. The topological polar surface area (TPSA) is 36.0 Å². The summed E-state index contributed by atoms with van der Waals surface area (Å²) in [6.45, 7) is 10.1. The fourth-order valence-corrected chi connectivity index (χ4v) is 3.98. The minimum Gasteiger partial charge on any atom is -0.379 e. The first kappa shape index (κ1) is 19.3. The molecule has 0 unspecified atom stereocenters. The van der Waals surface area contributed by atoms with Gasteiger partial charge in [0.25, 0.3) is 0 Å². The lowest BCUT2D eigenvalue weighted by atomic mass is 9.97. The summed E-state index contributed by atoms with van der Waals surface area (Å²) >= 11 is 0. The molecule has 2 fully saturated rings. The van der Waals surface area contributed by atoms with Gasteiger partial charge in [0, 0.05) is 39.3 Å². The third kappa shape index (κ3) is 5.79.